The second kappa shape index (κ2) is 35.9. The number of imidazole rings is 1. The quantitative estimate of drug-likeness (QED) is 0.0114. The molecule has 88 heavy (non-hydrogen) atoms. The van der Waals surface area contributed by atoms with Crippen molar-refractivity contribution in [2.45, 2.75) is 110 Å². The summed E-state index contributed by atoms with van der Waals surface area (Å²) in [5, 5.41) is 33.0. The molecule has 2 aromatic carbocycles. The summed E-state index contributed by atoms with van der Waals surface area (Å²) in [4.78, 5) is 93.1. The number of anilines is 1. The molecule has 0 bridgehead atoms. The maximum absolute atomic E-state index is 15.1. The molecule has 2 amide bonds. The first-order valence-corrected chi connectivity index (χ1v) is 34.6. The lowest BCUT2D eigenvalue weighted by molar-refractivity contribution is -0.392. The van der Waals surface area contributed by atoms with E-state index in [1.807, 2.05) is 38.4 Å². The molecule has 0 spiro atoms. The molecule has 2 atom stereocenters. The number of rotatable bonds is 29. The SMILES string of the molecule is CCC1(CNC(=O)OCCSSCCOC(=O)O[C@]2(c3cccc(CO)c3)CCCC[C@@H]2CN(C)C)CCCCC1.CCn1cc(C(=O)O)c(=O)c2cc(F)c(N3CCN(C(=O)OCCSSCCOC(=O)OCCn4c([N+](=O)[O-])cnc4C)CC3)cc21. The van der Waals surface area contributed by atoms with Crippen molar-refractivity contribution in [1.82, 2.24) is 29.2 Å². The van der Waals surface area contributed by atoms with E-state index in [9.17, 15) is 49.1 Å². The van der Waals surface area contributed by atoms with E-state index >= 15 is 4.39 Å². The molecule has 3 fully saturated rings. The van der Waals surface area contributed by atoms with Crippen LogP contribution in [-0.2, 0) is 53.7 Å². The number of amides is 2. The van der Waals surface area contributed by atoms with Crippen LogP contribution in [0.3, 0.4) is 0 Å². The summed E-state index contributed by atoms with van der Waals surface area (Å²) < 4.78 is 50.4. The molecule has 0 unspecified atom stereocenters. The highest BCUT2D eigenvalue weighted by atomic mass is 33.1. The van der Waals surface area contributed by atoms with Gasteiger partial charge in [0.25, 0.3) is 0 Å². The number of carbonyl (C=O) groups excluding carboxylic acids is 4. The average molecular weight is 1310 g/mol. The van der Waals surface area contributed by atoms with Crippen molar-refractivity contribution in [1.29, 1.82) is 0 Å². The standard InChI is InChI=1S/C31H50N2O6S2.C28H33FN6O10S2/c1-4-30(14-7-5-8-15-30)24-32-28(35)37-17-19-40-41-20-18-38-29(36)39-31(26-13-10-11-25(21-26)23-34)16-9-6-12-27(31)22-33(2)3;1-3-31-17-20(26(37)38)25(36)19-14-21(29)23(15-22(19)31)32-4-6-33(7-5-32)27(39)43-10-12-46-47-13-11-45-28(40)44-9-8-34-18(2)30-16-24(34)35(41)42/h10-11,13,21,27,34H,4-9,12,14-20,22-24H2,1-3H3,(H,32,35);14-17H,3-13H2,1-2H3,(H,37,38)/t27-,31+;/m1./s1. The van der Waals surface area contributed by atoms with Gasteiger partial charge in [-0.2, -0.15) is 0 Å². The lowest BCUT2D eigenvalue weighted by Crippen LogP contribution is -2.49. The van der Waals surface area contributed by atoms with E-state index in [0.717, 1.165) is 62.0 Å². The van der Waals surface area contributed by atoms with Crippen LogP contribution in [-0.4, -0.2) is 179 Å². The van der Waals surface area contributed by atoms with Crippen LogP contribution < -0.4 is 15.6 Å². The van der Waals surface area contributed by atoms with E-state index in [1.54, 1.807) is 44.9 Å². The van der Waals surface area contributed by atoms with Gasteiger partial charge in [-0.1, -0.05) is 94.0 Å². The van der Waals surface area contributed by atoms with Crippen LogP contribution in [0.1, 0.15) is 105 Å². The summed E-state index contributed by atoms with van der Waals surface area (Å²) in [6.45, 7) is 9.46. The molecule has 2 aliphatic carbocycles. The number of carbonyl (C=O) groups is 5. The molecule has 2 saturated carbocycles. The fourth-order valence-electron chi connectivity index (χ4n) is 11.1. The summed E-state index contributed by atoms with van der Waals surface area (Å²) >= 11 is 0. The van der Waals surface area contributed by atoms with Gasteiger partial charge in [-0.05, 0) is 99.2 Å². The minimum atomic E-state index is -1.37. The van der Waals surface area contributed by atoms with E-state index in [0.29, 0.717) is 80.2 Å². The van der Waals surface area contributed by atoms with Crippen molar-refractivity contribution >= 4 is 96.1 Å². The highest BCUT2D eigenvalue weighted by Gasteiger charge is 2.46. The number of aromatic carboxylic acids is 1. The van der Waals surface area contributed by atoms with E-state index in [2.05, 4.69) is 22.1 Å². The van der Waals surface area contributed by atoms with Crippen LogP contribution in [0.4, 0.5) is 35.1 Å². The van der Waals surface area contributed by atoms with Gasteiger partial charge in [0.2, 0.25) is 5.43 Å². The summed E-state index contributed by atoms with van der Waals surface area (Å²) in [5.41, 5.74) is 0.697. The Morgan fingerprint density at radius 1 is 0.841 bits per heavy atom. The van der Waals surface area contributed by atoms with E-state index < -0.39 is 51.7 Å². The van der Waals surface area contributed by atoms with E-state index in [-0.39, 0.29) is 73.9 Å². The van der Waals surface area contributed by atoms with E-state index in [4.69, 9.17) is 28.4 Å². The van der Waals surface area contributed by atoms with Crippen molar-refractivity contribution < 1.29 is 71.9 Å². The first kappa shape index (κ1) is 70.9. The zero-order valence-electron chi connectivity index (χ0n) is 50.7. The topological polar surface area (TPSA) is 286 Å². The second-order valence-corrected chi connectivity index (χ2v) is 27.1. The lowest BCUT2D eigenvalue weighted by atomic mass is 9.70. The first-order valence-electron chi connectivity index (χ1n) is 29.7. The van der Waals surface area contributed by atoms with E-state index in [1.165, 1.54) is 75.4 Å². The maximum atomic E-state index is 15.1. The number of halogens is 1. The fourth-order valence-corrected chi connectivity index (χ4v) is 14.5. The predicted molar refractivity (Wildman–Crippen MR) is 339 cm³/mol. The maximum Gasteiger partial charge on any atom is 0.509 e. The van der Waals surface area contributed by atoms with Crippen molar-refractivity contribution in [3.8, 4) is 0 Å². The average Bonchev–Trinajstić information content (AvgIpc) is 2.39. The second-order valence-electron chi connectivity index (χ2n) is 21.7. The molecule has 4 aromatic rings. The third-order valence-electron chi connectivity index (χ3n) is 15.8. The zero-order valence-corrected chi connectivity index (χ0v) is 54.0. The van der Waals surface area contributed by atoms with Crippen LogP contribution in [0, 0.1) is 34.2 Å². The fraction of sp³-hybridized carbons (Fsp3) is 0.610. The van der Waals surface area contributed by atoms with Crippen LogP contribution in [0.15, 0.2) is 53.6 Å². The number of alkyl carbamates (subject to hydrolysis) is 1. The minimum Gasteiger partial charge on any atom is -0.477 e. The van der Waals surface area contributed by atoms with Gasteiger partial charge in [-0.3, -0.25) is 4.79 Å². The Kier molecular flexibility index (Phi) is 28.9. The Morgan fingerprint density at radius 2 is 1.48 bits per heavy atom. The molecule has 24 nitrogen and oxygen atoms in total. The summed E-state index contributed by atoms with van der Waals surface area (Å²) in [7, 11) is 10.1. The molecule has 7 rings (SSSR count). The van der Waals surface area contributed by atoms with Crippen molar-refractivity contribution in [2.24, 2.45) is 11.3 Å². The van der Waals surface area contributed by atoms with Crippen molar-refractivity contribution in [3.63, 3.8) is 0 Å². The number of carboxylic acid groups (broad SMARTS) is 1. The van der Waals surface area contributed by atoms with Gasteiger partial charge in [-0.25, -0.2) is 37.9 Å². The number of aliphatic hydroxyl groups excluding tert-OH is 1. The number of fused-ring (bicyclic) bond motifs is 1. The number of ether oxygens (including phenoxy) is 6. The van der Waals surface area contributed by atoms with Gasteiger partial charge >= 0.3 is 36.3 Å². The molecular weight excluding hydrogens is 1220 g/mol. The van der Waals surface area contributed by atoms with Gasteiger partial charge in [0, 0.05) is 93.2 Å². The predicted octanol–water partition coefficient (Wildman–Crippen LogP) is 10.5. The third-order valence-corrected chi connectivity index (χ3v) is 20.5. The third kappa shape index (κ3) is 20.7. The van der Waals surface area contributed by atoms with Gasteiger partial charge in [0.05, 0.1) is 17.8 Å². The van der Waals surface area contributed by atoms with Crippen molar-refractivity contribution in [3.05, 3.63) is 97.5 Å². The number of aryl methyl sites for hydroxylation is 2. The summed E-state index contributed by atoms with van der Waals surface area (Å²) in [5.74, 6) is 0.570. The Bertz CT molecular complexity index is 3020. The number of aromatic nitrogens is 3. The molecule has 3 heterocycles. The molecule has 486 valence electrons. The molecule has 3 aliphatic rings. The number of piperazine rings is 1. The Labute approximate surface area is 527 Å². The van der Waals surface area contributed by atoms with Gasteiger partial charge < -0.3 is 73.3 Å². The molecule has 1 aliphatic heterocycles. The van der Waals surface area contributed by atoms with Crippen LogP contribution in [0.2, 0.25) is 0 Å². The number of carboxylic acids is 1. The zero-order chi connectivity index (χ0) is 63.6. The highest BCUT2D eigenvalue weighted by molar-refractivity contribution is 8.77. The number of hydrogen-bond acceptors (Lipinski definition) is 22. The Hall–Kier alpha value is -6.14. The molecule has 0 radical (unpaired) electrons. The number of hydrogen-bond donors (Lipinski definition) is 3. The molecule has 3 N–H and O–H groups in total. The number of benzene rings is 2. The number of aliphatic hydroxyl groups is 1. The summed E-state index contributed by atoms with van der Waals surface area (Å²) in [6.07, 6.45) is 11.0. The number of nitrogens with zero attached hydrogens (tertiary/aromatic N) is 7. The number of nitrogens with one attached hydrogen (secondary N) is 1. The largest absolute Gasteiger partial charge is 0.509 e. The number of pyridine rings is 1. The molecular formula is C59H83FN8O16S4. The van der Waals surface area contributed by atoms with Gasteiger partial charge in [-0.15, -0.1) is 0 Å². The summed E-state index contributed by atoms with van der Waals surface area (Å²) in [6, 6.07) is 10.4. The van der Waals surface area contributed by atoms with Crippen LogP contribution in [0.5, 0.6) is 0 Å². The minimum absolute atomic E-state index is 0.00885. The first-order chi connectivity index (χ1) is 42.3. The monoisotopic (exact) mass is 1310 g/mol. The van der Waals surface area contributed by atoms with Crippen LogP contribution >= 0.6 is 43.2 Å². The molecule has 2 aromatic heterocycles. The molecule has 29 heteroatoms. The Balaban J connectivity index is 0.000000284. The molecule has 1 saturated heterocycles. The van der Waals surface area contributed by atoms with Gasteiger partial charge in [0.15, 0.2) is 5.82 Å². The normalized spacial score (nSPS) is 17.3. The lowest BCUT2D eigenvalue weighted by Gasteiger charge is -2.44. The smallest absolute Gasteiger partial charge is 0.477 e. The van der Waals surface area contributed by atoms with Gasteiger partial charge in [0.1, 0.15) is 62.8 Å². The number of nitro groups is 1. The Morgan fingerprint density at radius 3 is 2.10 bits per heavy atom. The highest BCUT2D eigenvalue weighted by Crippen LogP contribution is 2.46. The van der Waals surface area contributed by atoms with Crippen molar-refractivity contribution in [2.75, 3.05) is 114 Å². The van der Waals surface area contributed by atoms with Crippen LogP contribution in [0.25, 0.3) is 10.9 Å².